The summed E-state index contributed by atoms with van der Waals surface area (Å²) in [7, 11) is 0. The van der Waals surface area contributed by atoms with Crippen molar-refractivity contribution in [2.75, 3.05) is 0 Å². The Hall–Kier alpha value is 0. The van der Waals surface area contributed by atoms with E-state index < -0.39 is 0 Å². The van der Waals surface area contributed by atoms with Crippen molar-refractivity contribution in [3.8, 4) is 0 Å². The molecule has 0 heterocycles. The largest absolute Gasteiger partial charge is 0.0625 e. The zero-order valence-corrected chi connectivity index (χ0v) is 13.0. The average molecular weight is 260 g/mol. The highest BCUT2D eigenvalue weighted by molar-refractivity contribution is 5.03. The van der Waals surface area contributed by atoms with Crippen molar-refractivity contribution in [3.05, 3.63) is 0 Å². The zero-order chi connectivity index (χ0) is 13.0. The van der Waals surface area contributed by atoms with Crippen LogP contribution in [0.25, 0.3) is 0 Å². The lowest BCUT2D eigenvalue weighted by atomic mass is 9.51. The van der Waals surface area contributed by atoms with E-state index in [0.717, 1.165) is 40.9 Å². The Morgan fingerprint density at radius 3 is 2.58 bits per heavy atom. The molecule has 108 valence electrons. The van der Waals surface area contributed by atoms with Gasteiger partial charge in [-0.15, -0.1) is 0 Å². The number of hydrogen-bond acceptors (Lipinski definition) is 0. The van der Waals surface area contributed by atoms with E-state index in [1.165, 1.54) is 12.8 Å². The second-order valence-corrected chi connectivity index (χ2v) is 8.96. The lowest BCUT2D eigenvalue weighted by Gasteiger charge is -2.54. The fourth-order valence-corrected chi connectivity index (χ4v) is 7.25. The molecule has 7 atom stereocenters. The smallest absolute Gasteiger partial charge is 0.0292 e. The fraction of sp³-hybridized carbons (Fsp3) is 1.00. The highest BCUT2D eigenvalue weighted by Gasteiger charge is 2.54. The molecule has 0 aromatic rings. The van der Waals surface area contributed by atoms with Gasteiger partial charge in [-0.25, -0.2) is 0 Å². The van der Waals surface area contributed by atoms with Gasteiger partial charge in [-0.3, -0.25) is 0 Å². The molecule has 4 fully saturated rings. The molecule has 0 heteroatoms. The summed E-state index contributed by atoms with van der Waals surface area (Å²) < 4.78 is 0. The molecule has 0 bridgehead atoms. The Morgan fingerprint density at radius 2 is 1.68 bits per heavy atom. The Bertz CT molecular complexity index is 346. The molecule has 19 heavy (non-hydrogen) atoms. The van der Waals surface area contributed by atoms with Gasteiger partial charge in [-0.2, -0.15) is 0 Å². The van der Waals surface area contributed by atoms with E-state index in [1.54, 1.807) is 51.4 Å². The molecule has 0 spiro atoms. The molecular formula is C19H32. The van der Waals surface area contributed by atoms with Gasteiger partial charge in [0.1, 0.15) is 0 Å². The second-order valence-electron chi connectivity index (χ2n) is 8.96. The summed E-state index contributed by atoms with van der Waals surface area (Å²) >= 11 is 0. The minimum atomic E-state index is 0.738. The predicted molar refractivity (Wildman–Crippen MR) is 80.9 cm³/mol. The van der Waals surface area contributed by atoms with Gasteiger partial charge in [-0.1, -0.05) is 33.1 Å². The first kappa shape index (κ1) is 12.7. The Balaban J connectivity index is 1.58. The van der Waals surface area contributed by atoms with Crippen LogP contribution in [0.3, 0.4) is 0 Å². The number of rotatable bonds is 0. The molecule has 4 aliphatic carbocycles. The Morgan fingerprint density at radius 1 is 0.842 bits per heavy atom. The summed E-state index contributed by atoms with van der Waals surface area (Å²) in [6.45, 7) is 5.16. The SMILES string of the molecule is CC1C[C@H]2C3CCC4CCCCC4[C@H]3CCC2(C)C1. The van der Waals surface area contributed by atoms with Crippen molar-refractivity contribution < 1.29 is 0 Å². The van der Waals surface area contributed by atoms with Crippen LogP contribution in [0.15, 0.2) is 0 Å². The van der Waals surface area contributed by atoms with E-state index in [0.29, 0.717) is 0 Å². The molecule has 4 rings (SSSR count). The summed E-state index contributed by atoms with van der Waals surface area (Å²) in [5, 5.41) is 0. The van der Waals surface area contributed by atoms with Crippen molar-refractivity contribution in [2.24, 2.45) is 40.9 Å². The second kappa shape index (κ2) is 4.50. The molecule has 0 aliphatic heterocycles. The van der Waals surface area contributed by atoms with Crippen molar-refractivity contribution >= 4 is 0 Å². The van der Waals surface area contributed by atoms with Crippen LogP contribution in [-0.2, 0) is 0 Å². The summed E-state index contributed by atoms with van der Waals surface area (Å²) in [6, 6.07) is 0. The maximum absolute atomic E-state index is 2.64. The quantitative estimate of drug-likeness (QED) is 0.527. The first-order chi connectivity index (χ1) is 9.17. The van der Waals surface area contributed by atoms with E-state index in [4.69, 9.17) is 0 Å². The summed E-state index contributed by atoms with van der Waals surface area (Å²) in [6.07, 6.45) is 15.7. The van der Waals surface area contributed by atoms with Crippen LogP contribution in [0.1, 0.15) is 78.1 Å². The van der Waals surface area contributed by atoms with Gasteiger partial charge < -0.3 is 0 Å². The average Bonchev–Trinajstić information content (AvgIpc) is 2.73. The van der Waals surface area contributed by atoms with Gasteiger partial charge in [-0.05, 0) is 85.9 Å². The van der Waals surface area contributed by atoms with Gasteiger partial charge in [0.25, 0.3) is 0 Å². The predicted octanol–water partition coefficient (Wildman–Crippen LogP) is 5.67. The van der Waals surface area contributed by atoms with Crippen LogP contribution in [0.4, 0.5) is 0 Å². The maximum atomic E-state index is 2.64. The van der Waals surface area contributed by atoms with Gasteiger partial charge in [0.15, 0.2) is 0 Å². The first-order valence-electron chi connectivity index (χ1n) is 9.17. The Kier molecular flexibility index (Phi) is 3.01. The maximum Gasteiger partial charge on any atom is -0.0292 e. The highest BCUT2D eigenvalue weighted by atomic mass is 14.6. The highest BCUT2D eigenvalue weighted by Crippen LogP contribution is 2.63. The number of fused-ring (bicyclic) bond motifs is 5. The lowest BCUT2D eigenvalue weighted by Crippen LogP contribution is -2.46. The normalized spacial score (nSPS) is 57.2. The van der Waals surface area contributed by atoms with Crippen LogP contribution in [-0.4, -0.2) is 0 Å². The number of hydrogen-bond donors (Lipinski definition) is 0. The Labute approximate surface area is 119 Å². The minimum absolute atomic E-state index is 0.738. The minimum Gasteiger partial charge on any atom is -0.0625 e. The van der Waals surface area contributed by atoms with E-state index in [2.05, 4.69) is 13.8 Å². The molecule has 0 radical (unpaired) electrons. The standard InChI is InChI=1S/C19H32/c1-13-11-18-17-8-7-14-5-3-4-6-15(14)16(17)9-10-19(18,2)12-13/h13-18H,3-12H2,1-2H3/t13?,14?,15?,16-,17?,18+,19?/m1/s1. The molecule has 0 nitrogen and oxygen atoms in total. The molecular weight excluding hydrogens is 228 g/mol. The van der Waals surface area contributed by atoms with Crippen molar-refractivity contribution in [1.29, 1.82) is 0 Å². The molecule has 4 saturated carbocycles. The van der Waals surface area contributed by atoms with Crippen molar-refractivity contribution in [1.82, 2.24) is 0 Å². The van der Waals surface area contributed by atoms with Gasteiger partial charge >= 0.3 is 0 Å². The molecule has 0 amide bonds. The monoisotopic (exact) mass is 260 g/mol. The summed E-state index contributed by atoms with van der Waals surface area (Å²) in [4.78, 5) is 0. The lowest BCUT2D eigenvalue weighted by molar-refractivity contribution is -0.0492. The van der Waals surface area contributed by atoms with E-state index in [1.807, 2.05) is 0 Å². The molecule has 4 aliphatic rings. The third-order valence-electron chi connectivity index (χ3n) is 7.87. The summed E-state index contributed by atoms with van der Waals surface area (Å²) in [5.41, 5.74) is 0.738. The van der Waals surface area contributed by atoms with Gasteiger partial charge in [0.2, 0.25) is 0 Å². The first-order valence-corrected chi connectivity index (χ1v) is 9.17. The molecule has 0 aromatic carbocycles. The van der Waals surface area contributed by atoms with Gasteiger partial charge in [0, 0.05) is 0 Å². The van der Waals surface area contributed by atoms with Crippen LogP contribution in [0.5, 0.6) is 0 Å². The van der Waals surface area contributed by atoms with Crippen LogP contribution in [0, 0.1) is 40.9 Å². The zero-order valence-electron chi connectivity index (χ0n) is 13.0. The summed E-state index contributed by atoms with van der Waals surface area (Å²) in [5.74, 6) is 6.67. The van der Waals surface area contributed by atoms with Crippen LogP contribution < -0.4 is 0 Å². The molecule has 5 unspecified atom stereocenters. The molecule has 0 N–H and O–H groups in total. The third-order valence-corrected chi connectivity index (χ3v) is 7.87. The fourth-order valence-electron chi connectivity index (χ4n) is 7.25. The molecule has 0 aromatic heterocycles. The van der Waals surface area contributed by atoms with Crippen LogP contribution >= 0.6 is 0 Å². The van der Waals surface area contributed by atoms with E-state index in [9.17, 15) is 0 Å². The van der Waals surface area contributed by atoms with Gasteiger partial charge in [0.05, 0.1) is 0 Å². The van der Waals surface area contributed by atoms with Crippen molar-refractivity contribution in [2.45, 2.75) is 78.1 Å². The van der Waals surface area contributed by atoms with Crippen molar-refractivity contribution in [3.63, 3.8) is 0 Å². The molecule has 0 saturated heterocycles. The van der Waals surface area contributed by atoms with E-state index >= 15 is 0 Å². The van der Waals surface area contributed by atoms with E-state index in [-0.39, 0.29) is 0 Å². The topological polar surface area (TPSA) is 0 Å². The third kappa shape index (κ3) is 1.92. The van der Waals surface area contributed by atoms with Crippen LogP contribution in [0.2, 0.25) is 0 Å².